The molecule has 0 aromatic carbocycles. The molecule has 0 atom stereocenters. The monoisotopic (exact) mass is 139 g/mol. The Hall–Kier alpha value is -1.32. The number of hydrogen-bond donors (Lipinski definition) is 1. The zero-order valence-electron chi connectivity index (χ0n) is 5.96. The van der Waals surface area contributed by atoms with Crippen LogP contribution in [-0.2, 0) is 7.05 Å². The molecular formula is C6H9N3O. The first-order chi connectivity index (χ1) is 4.74. The van der Waals surface area contributed by atoms with Crippen molar-refractivity contribution in [3.63, 3.8) is 0 Å². The highest BCUT2D eigenvalue weighted by Gasteiger charge is 1.90. The normalized spacial score (nSPS) is 9.40. The fraction of sp³-hybridized carbons (Fsp3) is 0.333. The topological polar surface area (TPSA) is 50.9 Å². The molecule has 1 aromatic heterocycles. The van der Waals surface area contributed by atoms with Crippen LogP contribution in [0.15, 0.2) is 12.3 Å². The molecule has 1 aromatic rings. The number of rotatable bonds is 1. The summed E-state index contributed by atoms with van der Waals surface area (Å²) in [5, 5.41) is 7.24. The van der Waals surface area contributed by atoms with Crippen molar-refractivity contribution in [3.05, 3.63) is 17.9 Å². The molecule has 0 unspecified atom stereocenters. The Bertz CT molecular complexity index is 279. The summed E-state index contributed by atoms with van der Waals surface area (Å²) in [6.45, 7) is 0. The van der Waals surface area contributed by atoms with E-state index in [1.807, 2.05) is 0 Å². The number of methoxy groups -OCH3 is 1. The lowest BCUT2D eigenvalue weighted by Crippen LogP contribution is -2.19. The third-order valence-electron chi connectivity index (χ3n) is 1.20. The van der Waals surface area contributed by atoms with E-state index in [9.17, 15) is 0 Å². The summed E-state index contributed by atoms with van der Waals surface area (Å²) >= 11 is 0. The molecule has 1 heterocycles. The molecule has 0 spiro atoms. The van der Waals surface area contributed by atoms with E-state index in [0.29, 0.717) is 5.88 Å². The number of aryl methyl sites for hydroxylation is 1. The van der Waals surface area contributed by atoms with Crippen LogP contribution in [-0.4, -0.2) is 16.7 Å². The van der Waals surface area contributed by atoms with Gasteiger partial charge < -0.3 is 9.30 Å². The molecule has 1 rings (SSSR count). The van der Waals surface area contributed by atoms with E-state index in [-0.39, 0.29) is 5.62 Å². The second-order valence-electron chi connectivity index (χ2n) is 1.90. The Kier molecular flexibility index (Phi) is 1.71. The van der Waals surface area contributed by atoms with Crippen LogP contribution in [0.1, 0.15) is 0 Å². The van der Waals surface area contributed by atoms with Gasteiger partial charge >= 0.3 is 0 Å². The van der Waals surface area contributed by atoms with E-state index in [1.165, 1.54) is 7.11 Å². The SMILES string of the molecule is COc1ccn(C)c(=N)n1. The average Bonchev–Trinajstić information content (AvgIpc) is 1.95. The molecule has 0 aliphatic carbocycles. The highest BCUT2D eigenvalue weighted by atomic mass is 16.5. The van der Waals surface area contributed by atoms with Crippen LogP contribution in [0.4, 0.5) is 0 Å². The molecule has 0 amide bonds. The molecule has 1 N–H and O–H groups in total. The zero-order chi connectivity index (χ0) is 7.56. The van der Waals surface area contributed by atoms with Gasteiger partial charge in [0, 0.05) is 19.3 Å². The van der Waals surface area contributed by atoms with Crippen molar-refractivity contribution < 1.29 is 4.74 Å². The van der Waals surface area contributed by atoms with E-state index in [0.717, 1.165) is 0 Å². The second-order valence-corrected chi connectivity index (χ2v) is 1.90. The van der Waals surface area contributed by atoms with Gasteiger partial charge in [-0.15, -0.1) is 0 Å². The first-order valence-electron chi connectivity index (χ1n) is 2.86. The summed E-state index contributed by atoms with van der Waals surface area (Å²) in [5.74, 6) is 0.475. The lowest BCUT2D eigenvalue weighted by Gasteiger charge is -1.99. The molecule has 54 valence electrons. The molecule has 4 heteroatoms. The van der Waals surface area contributed by atoms with Gasteiger partial charge in [0.15, 0.2) is 0 Å². The number of nitrogens with one attached hydrogen (secondary N) is 1. The summed E-state index contributed by atoms with van der Waals surface area (Å²) in [4.78, 5) is 3.80. The molecule has 10 heavy (non-hydrogen) atoms. The van der Waals surface area contributed by atoms with Gasteiger partial charge in [-0.1, -0.05) is 0 Å². The molecule has 0 aliphatic rings. The van der Waals surface area contributed by atoms with Gasteiger partial charge in [0.2, 0.25) is 11.5 Å². The highest BCUT2D eigenvalue weighted by molar-refractivity contribution is 5.04. The standard InChI is InChI=1S/C6H9N3O/c1-9-4-3-5(10-2)8-6(9)7/h3-4,7H,1-2H3. The summed E-state index contributed by atoms with van der Waals surface area (Å²) in [5.41, 5.74) is 0.194. The third-order valence-corrected chi connectivity index (χ3v) is 1.20. The van der Waals surface area contributed by atoms with E-state index >= 15 is 0 Å². The van der Waals surface area contributed by atoms with Crippen LogP contribution in [0, 0.1) is 5.41 Å². The molecule has 4 nitrogen and oxygen atoms in total. The van der Waals surface area contributed by atoms with Crippen molar-refractivity contribution in [2.24, 2.45) is 7.05 Å². The number of ether oxygens (including phenoxy) is 1. The van der Waals surface area contributed by atoms with Crippen molar-refractivity contribution in [2.75, 3.05) is 7.11 Å². The van der Waals surface area contributed by atoms with Crippen LogP contribution in [0.2, 0.25) is 0 Å². The first kappa shape index (κ1) is 6.80. The van der Waals surface area contributed by atoms with E-state index in [1.54, 1.807) is 23.9 Å². The van der Waals surface area contributed by atoms with Crippen LogP contribution >= 0.6 is 0 Å². The second kappa shape index (κ2) is 2.51. The van der Waals surface area contributed by atoms with Crippen LogP contribution < -0.4 is 10.4 Å². The van der Waals surface area contributed by atoms with Crippen molar-refractivity contribution in [1.29, 1.82) is 5.41 Å². The van der Waals surface area contributed by atoms with E-state index in [4.69, 9.17) is 10.1 Å². The lowest BCUT2D eigenvalue weighted by atomic mass is 10.6. The zero-order valence-corrected chi connectivity index (χ0v) is 5.96. The summed E-state index contributed by atoms with van der Waals surface area (Å²) in [6, 6.07) is 1.71. The minimum atomic E-state index is 0.194. The maximum absolute atomic E-state index is 7.24. The molecule has 0 saturated carbocycles. The van der Waals surface area contributed by atoms with E-state index < -0.39 is 0 Å². The maximum Gasteiger partial charge on any atom is 0.224 e. The lowest BCUT2D eigenvalue weighted by molar-refractivity contribution is 0.391. The van der Waals surface area contributed by atoms with E-state index in [2.05, 4.69) is 4.98 Å². The fourth-order valence-corrected chi connectivity index (χ4v) is 0.580. The Morgan fingerprint density at radius 3 is 2.90 bits per heavy atom. The Labute approximate surface area is 58.6 Å². The number of aromatic nitrogens is 2. The predicted octanol–water partition coefficient (Wildman–Crippen LogP) is -0.0918. The minimum absolute atomic E-state index is 0.194. The van der Waals surface area contributed by atoms with Gasteiger partial charge in [0.1, 0.15) is 0 Å². The van der Waals surface area contributed by atoms with Gasteiger partial charge in [-0.3, -0.25) is 5.41 Å². The molecule has 0 fully saturated rings. The van der Waals surface area contributed by atoms with Crippen molar-refractivity contribution in [2.45, 2.75) is 0 Å². The number of hydrogen-bond acceptors (Lipinski definition) is 3. The first-order valence-corrected chi connectivity index (χ1v) is 2.86. The van der Waals surface area contributed by atoms with Gasteiger partial charge in [-0.05, 0) is 0 Å². The fourth-order valence-electron chi connectivity index (χ4n) is 0.580. The van der Waals surface area contributed by atoms with Gasteiger partial charge in [-0.2, -0.15) is 4.98 Å². The molecular weight excluding hydrogens is 130 g/mol. The Balaban J connectivity index is 3.17. The highest BCUT2D eigenvalue weighted by Crippen LogP contribution is 1.96. The summed E-state index contributed by atoms with van der Waals surface area (Å²) in [7, 11) is 3.29. The molecule has 0 aliphatic heterocycles. The molecule has 0 bridgehead atoms. The van der Waals surface area contributed by atoms with Gasteiger partial charge in [0.25, 0.3) is 0 Å². The maximum atomic E-state index is 7.24. The van der Waals surface area contributed by atoms with Crippen LogP contribution in [0.25, 0.3) is 0 Å². The van der Waals surface area contributed by atoms with Gasteiger partial charge in [0.05, 0.1) is 7.11 Å². The van der Waals surface area contributed by atoms with Crippen molar-refractivity contribution in [3.8, 4) is 5.88 Å². The minimum Gasteiger partial charge on any atom is -0.481 e. The van der Waals surface area contributed by atoms with Gasteiger partial charge in [-0.25, -0.2) is 0 Å². The van der Waals surface area contributed by atoms with Crippen molar-refractivity contribution in [1.82, 2.24) is 9.55 Å². The Morgan fingerprint density at radius 1 is 1.70 bits per heavy atom. The van der Waals surface area contributed by atoms with Crippen LogP contribution in [0.3, 0.4) is 0 Å². The van der Waals surface area contributed by atoms with Crippen LogP contribution in [0.5, 0.6) is 5.88 Å². The third kappa shape index (κ3) is 1.15. The number of nitrogens with zero attached hydrogens (tertiary/aromatic N) is 2. The largest absolute Gasteiger partial charge is 0.481 e. The molecule has 0 saturated heterocycles. The Morgan fingerprint density at radius 2 is 2.40 bits per heavy atom. The predicted molar refractivity (Wildman–Crippen MR) is 35.6 cm³/mol. The quantitative estimate of drug-likeness (QED) is 0.591. The summed E-state index contributed by atoms with van der Waals surface area (Å²) < 4.78 is 6.41. The molecule has 0 radical (unpaired) electrons. The van der Waals surface area contributed by atoms with Crippen molar-refractivity contribution >= 4 is 0 Å². The average molecular weight is 139 g/mol. The summed E-state index contributed by atoms with van der Waals surface area (Å²) in [6.07, 6.45) is 1.73. The smallest absolute Gasteiger partial charge is 0.224 e.